The summed E-state index contributed by atoms with van der Waals surface area (Å²) < 4.78 is 31.6. The first kappa shape index (κ1) is 25.5. The van der Waals surface area contributed by atoms with Crippen LogP contribution in [0.2, 0.25) is 0 Å². The van der Waals surface area contributed by atoms with Gasteiger partial charge in [0.15, 0.2) is 0 Å². The van der Waals surface area contributed by atoms with Crippen molar-refractivity contribution in [3.8, 4) is 0 Å². The van der Waals surface area contributed by atoms with Crippen molar-refractivity contribution in [1.82, 2.24) is 10.2 Å². The molecule has 0 aliphatic carbocycles. The quantitative estimate of drug-likeness (QED) is 0.696. The Hall–Kier alpha value is -2.13. The third-order valence-electron chi connectivity index (χ3n) is 6.45. The highest BCUT2D eigenvalue weighted by atomic mass is 19.1. The van der Waals surface area contributed by atoms with E-state index in [2.05, 4.69) is 5.32 Å². The van der Waals surface area contributed by atoms with Crippen LogP contribution in [0.5, 0.6) is 0 Å². The molecule has 2 fully saturated rings. The highest BCUT2D eigenvalue weighted by Gasteiger charge is 2.52. The molecular formula is C24H36BFN2O5. The second kappa shape index (κ2) is 9.26. The summed E-state index contributed by atoms with van der Waals surface area (Å²) in [5.74, 6) is -0.495. The normalized spacial score (nSPS) is 22.2. The molecule has 0 unspecified atom stereocenters. The van der Waals surface area contributed by atoms with Crippen LogP contribution in [-0.4, -0.2) is 60.0 Å². The van der Waals surface area contributed by atoms with Crippen LogP contribution in [-0.2, 0) is 25.3 Å². The maximum atomic E-state index is 14.1. The van der Waals surface area contributed by atoms with Gasteiger partial charge in [0.25, 0.3) is 0 Å². The van der Waals surface area contributed by atoms with Gasteiger partial charge in [0, 0.05) is 19.1 Å². The van der Waals surface area contributed by atoms with Crippen LogP contribution >= 0.6 is 0 Å². The lowest BCUT2D eigenvalue weighted by Crippen LogP contribution is -2.51. The number of nitrogens with zero attached hydrogens (tertiary/aromatic N) is 1. The number of alkyl carbamates (subject to hydrolysis) is 1. The second-order valence-electron chi connectivity index (χ2n) is 10.9. The summed E-state index contributed by atoms with van der Waals surface area (Å²) in [6.07, 6.45) is 1.17. The van der Waals surface area contributed by atoms with E-state index in [9.17, 15) is 14.0 Å². The van der Waals surface area contributed by atoms with E-state index in [0.29, 0.717) is 24.1 Å². The van der Waals surface area contributed by atoms with Crippen molar-refractivity contribution in [2.75, 3.05) is 13.1 Å². The van der Waals surface area contributed by atoms with Crippen molar-refractivity contribution in [2.24, 2.45) is 0 Å². The first-order valence-corrected chi connectivity index (χ1v) is 11.6. The summed E-state index contributed by atoms with van der Waals surface area (Å²) in [6, 6.07) is 4.18. The predicted molar refractivity (Wildman–Crippen MR) is 125 cm³/mol. The minimum Gasteiger partial charge on any atom is -0.444 e. The molecule has 2 saturated heterocycles. The van der Waals surface area contributed by atoms with Crippen molar-refractivity contribution in [1.29, 1.82) is 0 Å². The zero-order valence-electron chi connectivity index (χ0n) is 20.8. The fourth-order valence-corrected chi connectivity index (χ4v) is 3.99. The Morgan fingerprint density at radius 3 is 2.45 bits per heavy atom. The Bertz CT molecular complexity index is 883. The number of halogens is 1. The first-order valence-electron chi connectivity index (χ1n) is 11.6. The van der Waals surface area contributed by atoms with Gasteiger partial charge in [-0.2, -0.15) is 0 Å². The average molecular weight is 462 g/mol. The number of rotatable bonds is 4. The summed E-state index contributed by atoms with van der Waals surface area (Å²) in [5, 5.41) is 2.86. The molecule has 33 heavy (non-hydrogen) atoms. The first-order chi connectivity index (χ1) is 15.2. The van der Waals surface area contributed by atoms with Crippen molar-refractivity contribution < 1.29 is 28.0 Å². The number of nitrogens with one attached hydrogen (secondary N) is 1. The van der Waals surface area contributed by atoms with Gasteiger partial charge in [0.2, 0.25) is 5.91 Å². The largest absolute Gasteiger partial charge is 0.495 e. The fourth-order valence-electron chi connectivity index (χ4n) is 3.99. The molecule has 3 rings (SSSR count). The van der Waals surface area contributed by atoms with E-state index >= 15 is 0 Å². The number of hydrogen-bond acceptors (Lipinski definition) is 5. The number of ether oxygens (including phenoxy) is 1. The Labute approximate surface area is 196 Å². The van der Waals surface area contributed by atoms with Gasteiger partial charge in [-0.05, 0) is 84.5 Å². The van der Waals surface area contributed by atoms with Gasteiger partial charge < -0.3 is 24.3 Å². The molecule has 1 aromatic rings. The summed E-state index contributed by atoms with van der Waals surface area (Å²) in [4.78, 5) is 27.0. The smallest absolute Gasteiger partial charge is 0.444 e. The van der Waals surface area contributed by atoms with Crippen LogP contribution in [0.4, 0.5) is 9.18 Å². The number of hydrogen-bond donors (Lipinski definition) is 1. The van der Waals surface area contributed by atoms with Gasteiger partial charge in [-0.15, -0.1) is 0 Å². The van der Waals surface area contributed by atoms with Gasteiger partial charge in [-0.25, -0.2) is 9.18 Å². The maximum Gasteiger partial charge on any atom is 0.495 e. The summed E-state index contributed by atoms with van der Waals surface area (Å²) >= 11 is 0. The molecule has 9 heteroatoms. The molecule has 0 saturated carbocycles. The summed E-state index contributed by atoms with van der Waals surface area (Å²) in [5.41, 5.74) is -0.525. The fraction of sp³-hybridized carbons (Fsp3) is 0.667. The Morgan fingerprint density at radius 1 is 1.21 bits per heavy atom. The molecular weight excluding hydrogens is 426 g/mol. The van der Waals surface area contributed by atoms with Gasteiger partial charge in [-0.3, -0.25) is 4.79 Å². The van der Waals surface area contributed by atoms with Crippen LogP contribution in [0.25, 0.3) is 0 Å². The molecule has 0 bridgehead atoms. The standard InChI is InChI=1S/C24H36BFN2O5/c1-22(2,3)31-21(30)27-18-9-8-12-28(15-18)20(29)13-16-10-11-17(26)14-19(16)25-32-23(4,5)24(6,7)33-25/h10-11,14,18H,8-9,12-13,15H2,1-7H3,(H,27,30)/t18-/m1/s1. The summed E-state index contributed by atoms with van der Waals surface area (Å²) in [6.45, 7) is 14.2. The second-order valence-corrected chi connectivity index (χ2v) is 10.9. The lowest BCUT2D eigenvalue weighted by molar-refractivity contribution is -0.131. The minimum atomic E-state index is -0.753. The average Bonchev–Trinajstić information content (AvgIpc) is 2.89. The molecule has 2 amide bonds. The van der Waals surface area contributed by atoms with Crippen molar-refractivity contribution in [3.63, 3.8) is 0 Å². The van der Waals surface area contributed by atoms with Gasteiger partial charge in [0.1, 0.15) is 11.4 Å². The van der Waals surface area contributed by atoms with Crippen LogP contribution in [0, 0.1) is 5.82 Å². The van der Waals surface area contributed by atoms with E-state index in [0.717, 1.165) is 12.8 Å². The Kier molecular flexibility index (Phi) is 7.15. The van der Waals surface area contributed by atoms with Crippen molar-refractivity contribution in [2.45, 2.75) is 90.6 Å². The SMILES string of the molecule is CC(C)(C)OC(=O)N[C@@H]1CCCN(C(=O)Cc2ccc(F)cc2B2OC(C)(C)C(C)(C)O2)C1. The molecule has 0 aromatic heterocycles. The Balaban J connectivity index is 1.69. The molecule has 2 aliphatic heterocycles. The molecule has 2 heterocycles. The molecule has 1 atom stereocenters. The van der Waals surface area contributed by atoms with E-state index in [1.165, 1.54) is 12.1 Å². The van der Waals surface area contributed by atoms with E-state index in [1.54, 1.807) is 11.0 Å². The van der Waals surface area contributed by atoms with Crippen LogP contribution in [0.1, 0.15) is 66.9 Å². The monoisotopic (exact) mass is 462 g/mol. The number of carbonyl (C=O) groups is 2. The number of piperidine rings is 1. The summed E-state index contributed by atoms with van der Waals surface area (Å²) in [7, 11) is -0.753. The molecule has 2 aliphatic rings. The lowest BCUT2D eigenvalue weighted by Gasteiger charge is -2.34. The van der Waals surface area contributed by atoms with Crippen molar-refractivity contribution in [3.05, 3.63) is 29.6 Å². The third kappa shape index (κ3) is 6.26. The maximum absolute atomic E-state index is 14.1. The number of amides is 2. The predicted octanol–water partition coefficient (Wildman–Crippen LogP) is 3.18. The van der Waals surface area contributed by atoms with Crippen LogP contribution < -0.4 is 10.8 Å². The molecule has 0 radical (unpaired) electrons. The van der Waals surface area contributed by atoms with Gasteiger partial charge >= 0.3 is 13.2 Å². The van der Waals surface area contributed by atoms with E-state index in [4.69, 9.17) is 14.0 Å². The highest BCUT2D eigenvalue weighted by molar-refractivity contribution is 6.62. The number of carbonyl (C=O) groups excluding carboxylic acids is 2. The zero-order valence-corrected chi connectivity index (χ0v) is 20.8. The van der Waals surface area contributed by atoms with E-state index < -0.39 is 35.8 Å². The number of likely N-dealkylation sites (tertiary alicyclic amines) is 1. The van der Waals surface area contributed by atoms with Gasteiger partial charge in [0.05, 0.1) is 17.6 Å². The highest BCUT2D eigenvalue weighted by Crippen LogP contribution is 2.36. The van der Waals surface area contributed by atoms with E-state index in [1.807, 2.05) is 48.5 Å². The minimum absolute atomic E-state index is 0.0879. The molecule has 0 spiro atoms. The lowest BCUT2D eigenvalue weighted by atomic mass is 9.75. The zero-order chi connectivity index (χ0) is 24.6. The topological polar surface area (TPSA) is 77.1 Å². The third-order valence-corrected chi connectivity index (χ3v) is 6.45. The van der Waals surface area contributed by atoms with Crippen LogP contribution in [0.3, 0.4) is 0 Å². The molecule has 1 aromatic carbocycles. The van der Waals surface area contributed by atoms with Gasteiger partial charge in [-0.1, -0.05) is 6.07 Å². The van der Waals surface area contributed by atoms with E-state index in [-0.39, 0.29) is 18.4 Å². The van der Waals surface area contributed by atoms with Crippen LogP contribution in [0.15, 0.2) is 18.2 Å². The van der Waals surface area contributed by atoms with Crippen molar-refractivity contribution >= 4 is 24.6 Å². The Morgan fingerprint density at radius 2 is 1.85 bits per heavy atom. The number of benzene rings is 1. The molecule has 7 nitrogen and oxygen atoms in total. The molecule has 1 N–H and O–H groups in total. The molecule has 182 valence electrons.